The van der Waals surface area contributed by atoms with Crippen molar-refractivity contribution < 1.29 is 47.9 Å². The minimum atomic E-state index is -0.591. The highest BCUT2D eigenvalue weighted by atomic mass is 16.2. The second kappa shape index (κ2) is 78.5. The Morgan fingerprint density at radius 3 is 0.631 bits per heavy atom. The van der Waals surface area contributed by atoms with E-state index >= 15 is 0 Å². The number of guanidine groups is 3. The molecule has 0 aliphatic carbocycles. The highest BCUT2D eigenvalue weighted by Gasteiger charge is 2.22. The van der Waals surface area contributed by atoms with Gasteiger partial charge < -0.3 is 137 Å². The van der Waals surface area contributed by atoms with E-state index in [1.807, 2.05) is 111 Å². The smallest absolute Gasteiger partial charge is 0.185 e. The van der Waals surface area contributed by atoms with Gasteiger partial charge in [-0.1, -0.05) is 152 Å². The fourth-order valence-corrected chi connectivity index (χ4v) is 7.71. The zero-order valence-electron chi connectivity index (χ0n) is 71.2. The molecule has 0 saturated heterocycles. The molecule has 0 spiro atoms. The van der Waals surface area contributed by atoms with Crippen LogP contribution in [0, 0.1) is 59.2 Å². The first-order chi connectivity index (χ1) is 50.3. The molecule has 0 rings (SSSR count). The molecule has 111 heavy (non-hydrogen) atoms. The zero-order chi connectivity index (χ0) is 89.2. The van der Waals surface area contributed by atoms with E-state index in [2.05, 4.69) is 26.9 Å². The van der Waals surface area contributed by atoms with Gasteiger partial charge in [-0.3, -0.25) is 62.9 Å². The number of Topliss-reactive ketones (excluding diaryl/α,β-unsaturated/α-hetero) is 10. The normalized spacial score (nSPS) is 13.1. The molecule has 660 valence electrons. The lowest BCUT2D eigenvalue weighted by atomic mass is 9.99. The molecule has 0 unspecified atom stereocenters. The summed E-state index contributed by atoms with van der Waals surface area (Å²) in [6.07, 6.45) is 5.37. The molecule has 0 aromatic heterocycles. The number of nitrogens with two attached hydrogens (primary N) is 23. The standard InChI is InChI=1S/C9H19N3O.C8H18N4O.2C8H18N2O.2C7H16N4O.2C7H16N2O.2C6H14N2O.CH4/c1-6(2)9(13)8(11)4-5-12-7(3)10;1-5(2)7(13)6(9)3-4-12-8(10)11;2*1-6(2)8(11)7(10)4-3-5-9;2*1-4(2)6(12)5(8)3-11-7(9)10;2*1-5(2)7(10)6(9)3-4-8;2*1-4(2)6(9)5(8)3-7;/h6,8,12H,3-5,10-11H2,1-2H3;5-6H,3-4,9H2,1-2H3,(H4,10,11,12);2*6-7H,3-5,9-10H2,1-2H3;2*4-5H,3,8H2,1-2H3,(H4,9,10,11);2*5-6H,3-4,8-9H2,1-2H3;2*4-5H,3,7-8H2,1-2H3;1H4/t8-;6-;2*7-;2*5-;2*6-;2*5-;/m1010101010./s1. The van der Waals surface area contributed by atoms with Gasteiger partial charge >= 0.3 is 0 Å². The van der Waals surface area contributed by atoms with Gasteiger partial charge in [0.05, 0.1) is 79.3 Å². The van der Waals surface area contributed by atoms with Crippen molar-refractivity contribution in [2.45, 2.75) is 258 Å². The maximum absolute atomic E-state index is 11.3. The van der Waals surface area contributed by atoms with Gasteiger partial charge in [-0.25, -0.2) is 0 Å². The van der Waals surface area contributed by atoms with Crippen LogP contribution in [-0.4, -0.2) is 202 Å². The highest BCUT2D eigenvalue weighted by molar-refractivity contribution is 5.90. The molecule has 47 N–H and O–H groups in total. The summed E-state index contributed by atoms with van der Waals surface area (Å²) in [5.74, 6) is 0.963. The lowest BCUT2D eigenvalue weighted by Crippen LogP contribution is -2.40. The second-order valence-corrected chi connectivity index (χ2v) is 29.0. The quantitative estimate of drug-likeness (QED) is 0.0210. The van der Waals surface area contributed by atoms with Crippen LogP contribution < -0.4 is 137 Å². The Morgan fingerprint density at radius 2 is 0.459 bits per heavy atom. The van der Waals surface area contributed by atoms with Crippen molar-refractivity contribution in [1.29, 1.82) is 0 Å². The highest BCUT2D eigenvalue weighted by Crippen LogP contribution is 2.07. The van der Waals surface area contributed by atoms with E-state index in [1.54, 1.807) is 27.7 Å². The van der Waals surface area contributed by atoms with Gasteiger partial charge in [-0.05, 0) is 77.5 Å². The number of hydrogen-bond acceptors (Lipinski definition) is 31. The summed E-state index contributed by atoms with van der Waals surface area (Å²) in [6, 6.07) is -4.30. The molecule has 0 heterocycles. The second-order valence-electron chi connectivity index (χ2n) is 29.0. The molecular weight excluding hydrogens is 1430 g/mol. The van der Waals surface area contributed by atoms with Crippen molar-refractivity contribution in [3.63, 3.8) is 0 Å². The van der Waals surface area contributed by atoms with Gasteiger partial charge in [0.1, 0.15) is 0 Å². The van der Waals surface area contributed by atoms with E-state index < -0.39 is 36.3 Å². The molecule has 10 atom stereocenters. The Kier molecular flexibility index (Phi) is 90.3. The maximum atomic E-state index is 11.3. The fourth-order valence-electron chi connectivity index (χ4n) is 7.71. The SMILES string of the molecule is C.C=C(N)NCC[C@@H](N)C(=O)C(C)C.CC(C)C(=O)[C@@H](N)CCCN.CC(C)C(=O)[C@@H](N)CCN.CC(C)C(=O)[C@@H](N)CCN=C(N)N.CC(C)C(=O)[C@@H](N)CN.CC(C)C(=O)[C@@H](N)CN=C(N)N.CC(C)C(=O)[C@H](N)CCCN.CC(C)C(=O)[C@H](N)CCN.CC(C)C(=O)[C@H](N)CN.CC(C)C(=O)[C@H](N)CN=C(N)N. The van der Waals surface area contributed by atoms with Crippen LogP contribution in [0.2, 0.25) is 0 Å². The van der Waals surface area contributed by atoms with Crippen LogP contribution in [0.4, 0.5) is 0 Å². The number of aliphatic imine (C=N–C) groups is 3. The molecule has 37 nitrogen and oxygen atoms in total. The minimum absolute atomic E-state index is 0. The third kappa shape index (κ3) is 82.5. The number of nitrogens with zero attached hydrogens (tertiary/aromatic N) is 3. The number of rotatable bonds is 43. The van der Waals surface area contributed by atoms with Crippen molar-refractivity contribution in [2.24, 2.45) is 206 Å². The molecule has 37 heteroatoms. The molecule has 0 fully saturated rings. The van der Waals surface area contributed by atoms with Crippen LogP contribution in [0.5, 0.6) is 0 Å². The Bertz CT molecular complexity index is 2410. The van der Waals surface area contributed by atoms with E-state index in [4.69, 9.17) is 132 Å². The van der Waals surface area contributed by atoms with E-state index in [-0.39, 0.29) is 193 Å². The van der Waals surface area contributed by atoms with Crippen molar-refractivity contribution in [1.82, 2.24) is 5.32 Å². The van der Waals surface area contributed by atoms with Crippen LogP contribution in [0.1, 0.15) is 197 Å². The molecular formula is C74H169N27O10. The summed E-state index contributed by atoms with van der Waals surface area (Å²) in [7, 11) is 0. The first-order valence-corrected chi connectivity index (χ1v) is 37.8. The third-order valence-corrected chi connectivity index (χ3v) is 14.7. The fraction of sp³-hybridized carbons (Fsp3) is 0.797. The lowest BCUT2D eigenvalue weighted by Gasteiger charge is -2.13. The van der Waals surface area contributed by atoms with E-state index in [0.29, 0.717) is 83.6 Å². The predicted octanol–water partition coefficient (Wildman–Crippen LogP) is -3.26. The average molecular weight is 1600 g/mol. The van der Waals surface area contributed by atoms with Gasteiger partial charge in [0.15, 0.2) is 75.7 Å². The molecule has 0 bridgehead atoms. The van der Waals surface area contributed by atoms with Crippen LogP contribution in [0.25, 0.3) is 0 Å². The molecule has 0 saturated carbocycles. The summed E-state index contributed by atoms with van der Waals surface area (Å²) in [5.41, 5.74) is 122. The average Bonchev–Trinajstić information content (AvgIpc) is 1.00. The molecule has 0 radical (unpaired) electrons. The van der Waals surface area contributed by atoms with Gasteiger partial charge in [0, 0.05) is 85.4 Å². The van der Waals surface area contributed by atoms with Gasteiger partial charge in [-0.15, -0.1) is 0 Å². The number of carbonyl (C=O) groups is 10. The molecule has 0 aromatic carbocycles. The van der Waals surface area contributed by atoms with E-state index in [9.17, 15) is 47.9 Å². The lowest BCUT2D eigenvalue weighted by molar-refractivity contribution is -0.124. The first-order valence-electron chi connectivity index (χ1n) is 37.8. The third-order valence-electron chi connectivity index (χ3n) is 14.7. The van der Waals surface area contributed by atoms with Crippen molar-refractivity contribution >= 4 is 75.7 Å². The van der Waals surface area contributed by atoms with Crippen LogP contribution in [0.3, 0.4) is 0 Å². The number of carbonyl (C=O) groups excluding carboxylic acids is 10. The first kappa shape index (κ1) is 128. The Balaban J connectivity index is -0.000000111. The Hall–Kier alpha value is -6.79. The van der Waals surface area contributed by atoms with Crippen molar-refractivity contribution in [3.05, 3.63) is 12.4 Å². The van der Waals surface area contributed by atoms with Gasteiger partial charge in [-0.2, -0.15) is 0 Å². The van der Waals surface area contributed by atoms with Crippen molar-refractivity contribution in [3.8, 4) is 0 Å². The molecule has 0 aliphatic rings. The van der Waals surface area contributed by atoms with E-state index in [1.165, 1.54) is 0 Å². The predicted molar refractivity (Wildman–Crippen MR) is 460 cm³/mol. The van der Waals surface area contributed by atoms with Crippen molar-refractivity contribution in [2.75, 3.05) is 65.4 Å². The van der Waals surface area contributed by atoms with Crippen LogP contribution in [0.15, 0.2) is 27.4 Å². The molecule has 0 amide bonds. The Labute approximate surface area is 667 Å². The Morgan fingerprint density at radius 1 is 0.270 bits per heavy atom. The monoisotopic (exact) mass is 1600 g/mol. The van der Waals surface area contributed by atoms with Crippen LogP contribution in [-0.2, 0) is 47.9 Å². The summed E-state index contributed by atoms with van der Waals surface area (Å²) in [5, 5.41) is 2.82. The largest absolute Gasteiger partial charge is 0.386 e. The summed E-state index contributed by atoms with van der Waals surface area (Å²) >= 11 is 0. The maximum Gasteiger partial charge on any atom is 0.185 e. The van der Waals surface area contributed by atoms with E-state index in [0.717, 1.165) is 12.8 Å². The summed E-state index contributed by atoms with van der Waals surface area (Å²) in [4.78, 5) is 122. The molecule has 0 aliphatic heterocycles. The number of hydrogen-bond donors (Lipinski definition) is 24. The topological polar surface area (TPSA) is 818 Å². The molecule has 0 aromatic rings. The number of ketones is 10. The number of nitrogens with one attached hydrogen (secondary N) is 1. The van der Waals surface area contributed by atoms with Crippen LogP contribution >= 0.6 is 0 Å². The summed E-state index contributed by atoms with van der Waals surface area (Å²) in [6.45, 7) is 44.1. The van der Waals surface area contributed by atoms with Gasteiger partial charge in [0.25, 0.3) is 0 Å². The summed E-state index contributed by atoms with van der Waals surface area (Å²) < 4.78 is 0. The van der Waals surface area contributed by atoms with Gasteiger partial charge in [0.2, 0.25) is 0 Å². The zero-order valence-corrected chi connectivity index (χ0v) is 71.2. The minimum Gasteiger partial charge on any atom is -0.386 e.